The van der Waals surface area contributed by atoms with Crippen molar-refractivity contribution in [3.8, 4) is 0 Å². The summed E-state index contributed by atoms with van der Waals surface area (Å²) in [6.07, 6.45) is 4.79. The van der Waals surface area contributed by atoms with Crippen LogP contribution in [0.1, 0.15) is 18.5 Å². The minimum Gasteiger partial charge on any atom is -0.370 e. The lowest BCUT2D eigenvalue weighted by Gasteiger charge is -2.07. The van der Waals surface area contributed by atoms with Gasteiger partial charge in [0.25, 0.3) is 0 Å². The lowest BCUT2D eigenvalue weighted by Crippen LogP contribution is -2.36. The minimum atomic E-state index is -0.719. The smallest absolute Gasteiger partial charge is 0.313 e. The highest BCUT2D eigenvalue weighted by atomic mass is 16.2. The van der Waals surface area contributed by atoms with Gasteiger partial charge in [-0.3, -0.25) is 14.7 Å². The van der Waals surface area contributed by atoms with E-state index < -0.39 is 11.8 Å². The summed E-state index contributed by atoms with van der Waals surface area (Å²) in [5, 5.41) is 16.0. The van der Waals surface area contributed by atoms with E-state index >= 15 is 0 Å². The summed E-state index contributed by atoms with van der Waals surface area (Å²) in [5.74, 6) is -0.569. The Morgan fingerprint density at radius 2 is 1.96 bits per heavy atom. The quantitative estimate of drug-likeness (QED) is 0.371. The van der Waals surface area contributed by atoms with Crippen molar-refractivity contribution >= 4 is 34.4 Å². The lowest BCUT2D eigenvalue weighted by atomic mass is 10.2. The normalized spacial score (nSPS) is 10.6. The molecule has 3 rings (SSSR count). The number of nitrogens with one attached hydrogen (secondary N) is 4. The molecule has 9 heteroatoms. The number of aromatic amines is 1. The molecular formula is C18H21N7O2. The van der Waals surface area contributed by atoms with Gasteiger partial charge in [0.2, 0.25) is 0 Å². The summed E-state index contributed by atoms with van der Waals surface area (Å²) >= 11 is 0. The monoisotopic (exact) mass is 367 g/mol. The molecule has 0 bridgehead atoms. The highest BCUT2D eigenvalue weighted by Gasteiger charge is 2.14. The summed E-state index contributed by atoms with van der Waals surface area (Å²) < 4.78 is 0. The molecule has 140 valence electrons. The van der Waals surface area contributed by atoms with Crippen molar-refractivity contribution in [2.24, 2.45) is 0 Å². The van der Waals surface area contributed by atoms with Crippen LogP contribution in [-0.4, -0.2) is 45.1 Å². The molecule has 0 saturated carbocycles. The van der Waals surface area contributed by atoms with E-state index in [1.165, 1.54) is 6.20 Å². The van der Waals surface area contributed by atoms with Gasteiger partial charge in [-0.1, -0.05) is 6.07 Å². The van der Waals surface area contributed by atoms with Crippen LogP contribution in [0.5, 0.6) is 0 Å². The fourth-order valence-corrected chi connectivity index (χ4v) is 2.49. The van der Waals surface area contributed by atoms with Gasteiger partial charge in [0, 0.05) is 30.4 Å². The second kappa shape index (κ2) is 8.75. The van der Waals surface area contributed by atoms with E-state index in [0.717, 1.165) is 36.3 Å². The highest BCUT2D eigenvalue weighted by molar-refractivity contribution is 6.39. The van der Waals surface area contributed by atoms with Gasteiger partial charge in [-0.2, -0.15) is 5.10 Å². The average Bonchev–Trinajstić information content (AvgIpc) is 3.05. The molecular weight excluding hydrogens is 346 g/mol. The van der Waals surface area contributed by atoms with Gasteiger partial charge in [0.15, 0.2) is 5.65 Å². The van der Waals surface area contributed by atoms with Crippen LogP contribution in [-0.2, 0) is 9.59 Å². The third kappa shape index (κ3) is 5.00. The first-order chi connectivity index (χ1) is 13.1. The van der Waals surface area contributed by atoms with E-state index in [2.05, 4.69) is 36.1 Å². The Bertz CT molecular complexity index is 924. The molecule has 9 nitrogen and oxygen atoms in total. The van der Waals surface area contributed by atoms with Crippen LogP contribution < -0.4 is 16.0 Å². The van der Waals surface area contributed by atoms with Crippen molar-refractivity contribution in [2.45, 2.75) is 19.8 Å². The fourth-order valence-electron chi connectivity index (χ4n) is 2.49. The van der Waals surface area contributed by atoms with E-state index in [0.29, 0.717) is 17.9 Å². The van der Waals surface area contributed by atoms with E-state index in [1.54, 1.807) is 12.3 Å². The van der Waals surface area contributed by atoms with Gasteiger partial charge in [-0.05, 0) is 38.0 Å². The van der Waals surface area contributed by atoms with Crippen molar-refractivity contribution in [2.75, 3.05) is 23.7 Å². The number of H-pyrrole nitrogens is 1. The first-order valence-corrected chi connectivity index (χ1v) is 8.68. The fraction of sp³-hybridized carbons (Fsp3) is 0.278. The number of fused-ring (bicyclic) bond motifs is 1. The molecule has 27 heavy (non-hydrogen) atoms. The third-order valence-electron chi connectivity index (χ3n) is 3.92. The maximum absolute atomic E-state index is 12.0. The largest absolute Gasteiger partial charge is 0.370 e. The van der Waals surface area contributed by atoms with Crippen molar-refractivity contribution in [3.63, 3.8) is 0 Å². The maximum atomic E-state index is 12.0. The number of aromatic nitrogens is 4. The zero-order valence-corrected chi connectivity index (χ0v) is 15.0. The van der Waals surface area contributed by atoms with Crippen LogP contribution in [0.2, 0.25) is 0 Å². The molecule has 0 aromatic carbocycles. The number of hydrogen-bond acceptors (Lipinski definition) is 6. The molecule has 0 aliphatic rings. The molecule has 0 aliphatic carbocycles. The average molecular weight is 367 g/mol. The third-order valence-corrected chi connectivity index (χ3v) is 3.92. The van der Waals surface area contributed by atoms with Gasteiger partial charge < -0.3 is 16.0 Å². The zero-order chi connectivity index (χ0) is 19.1. The number of carbonyl (C=O) groups excluding carboxylic acids is 2. The topological polar surface area (TPSA) is 125 Å². The van der Waals surface area contributed by atoms with Gasteiger partial charge in [-0.15, -0.1) is 0 Å². The molecule has 2 amide bonds. The first-order valence-electron chi connectivity index (χ1n) is 8.68. The van der Waals surface area contributed by atoms with Gasteiger partial charge in [0.1, 0.15) is 5.82 Å². The van der Waals surface area contributed by atoms with Crippen molar-refractivity contribution in [1.29, 1.82) is 0 Å². The van der Waals surface area contributed by atoms with E-state index in [9.17, 15) is 9.59 Å². The Morgan fingerprint density at radius 1 is 1.11 bits per heavy atom. The van der Waals surface area contributed by atoms with Crippen molar-refractivity contribution < 1.29 is 9.59 Å². The van der Waals surface area contributed by atoms with Gasteiger partial charge >= 0.3 is 11.8 Å². The predicted molar refractivity (Wildman–Crippen MR) is 102 cm³/mol. The van der Waals surface area contributed by atoms with Crippen molar-refractivity contribution in [3.05, 3.63) is 42.4 Å². The van der Waals surface area contributed by atoms with E-state index in [1.807, 2.05) is 25.1 Å². The van der Waals surface area contributed by atoms with Crippen LogP contribution in [0.15, 0.2) is 36.7 Å². The molecule has 0 aliphatic heterocycles. The van der Waals surface area contributed by atoms with Gasteiger partial charge in [-0.25, -0.2) is 9.97 Å². The number of aryl methyl sites for hydroxylation is 1. The van der Waals surface area contributed by atoms with E-state index in [4.69, 9.17) is 0 Å². The first kappa shape index (κ1) is 18.3. The summed E-state index contributed by atoms with van der Waals surface area (Å²) in [5.41, 5.74) is 1.86. The van der Waals surface area contributed by atoms with Crippen molar-refractivity contribution in [1.82, 2.24) is 25.5 Å². The number of amides is 2. The maximum Gasteiger partial charge on any atom is 0.313 e. The van der Waals surface area contributed by atoms with E-state index in [-0.39, 0.29) is 0 Å². The van der Waals surface area contributed by atoms with Crippen LogP contribution in [0.25, 0.3) is 11.0 Å². The Labute approximate surface area is 156 Å². The molecule has 3 aromatic heterocycles. The van der Waals surface area contributed by atoms with Crippen LogP contribution in [0.4, 0.5) is 11.5 Å². The number of carbonyl (C=O) groups is 2. The standard InChI is InChI=1S/C18H21N7O2/c1-12-14-10-13(11-22-16(14)25-24-12)23-18(27)17(26)21-9-5-4-8-20-15-6-2-3-7-19-15/h2-3,6-7,10-11H,4-5,8-9H2,1H3,(H,19,20)(H,21,26)(H,23,27)(H,22,24,25). The summed E-state index contributed by atoms with van der Waals surface area (Å²) in [6.45, 7) is 3.03. The van der Waals surface area contributed by atoms with Crippen LogP contribution in [0.3, 0.4) is 0 Å². The molecule has 0 unspecified atom stereocenters. The minimum absolute atomic E-state index is 0.425. The molecule has 0 radical (unpaired) electrons. The summed E-state index contributed by atoms with van der Waals surface area (Å²) in [4.78, 5) is 32.2. The molecule has 0 atom stereocenters. The number of pyridine rings is 2. The lowest BCUT2D eigenvalue weighted by molar-refractivity contribution is -0.136. The Hall–Kier alpha value is -3.49. The Kier molecular flexibility index (Phi) is 5.93. The zero-order valence-electron chi connectivity index (χ0n) is 15.0. The number of anilines is 2. The number of hydrogen-bond donors (Lipinski definition) is 4. The molecule has 3 heterocycles. The molecule has 3 aromatic rings. The molecule has 4 N–H and O–H groups in total. The Morgan fingerprint density at radius 3 is 2.78 bits per heavy atom. The number of rotatable bonds is 7. The SMILES string of the molecule is Cc1[nH]nc2ncc(NC(=O)C(=O)NCCCCNc3ccccn3)cc12. The summed E-state index contributed by atoms with van der Waals surface area (Å²) in [6, 6.07) is 7.39. The Balaban J connectivity index is 1.37. The number of nitrogens with zero attached hydrogens (tertiary/aromatic N) is 3. The predicted octanol–water partition coefficient (Wildman–Crippen LogP) is 1.61. The van der Waals surface area contributed by atoms with Crippen LogP contribution in [0, 0.1) is 6.92 Å². The second-order valence-electron chi connectivity index (χ2n) is 6.00. The highest BCUT2D eigenvalue weighted by Crippen LogP contribution is 2.17. The molecule has 0 saturated heterocycles. The number of unbranched alkanes of at least 4 members (excludes halogenated alkanes) is 1. The summed E-state index contributed by atoms with van der Waals surface area (Å²) in [7, 11) is 0. The molecule has 0 spiro atoms. The van der Waals surface area contributed by atoms with Gasteiger partial charge in [0.05, 0.1) is 11.9 Å². The molecule has 0 fully saturated rings. The second-order valence-corrected chi connectivity index (χ2v) is 6.00. The van der Waals surface area contributed by atoms with Crippen LogP contribution >= 0.6 is 0 Å².